The van der Waals surface area contributed by atoms with Crippen molar-refractivity contribution in [3.05, 3.63) is 64.9 Å². The van der Waals surface area contributed by atoms with Crippen molar-refractivity contribution in [3.63, 3.8) is 0 Å². The van der Waals surface area contributed by atoms with Crippen LogP contribution in [0.4, 0.5) is 4.39 Å². The predicted molar refractivity (Wildman–Crippen MR) is 140 cm³/mol. The van der Waals surface area contributed by atoms with Crippen LogP contribution >= 0.6 is 8.29 Å². The molecule has 0 radical (unpaired) electrons. The van der Waals surface area contributed by atoms with Crippen molar-refractivity contribution < 1.29 is 4.39 Å². The van der Waals surface area contributed by atoms with Crippen molar-refractivity contribution in [3.8, 4) is 0 Å². The fourth-order valence-electron chi connectivity index (χ4n) is 5.02. The van der Waals surface area contributed by atoms with Gasteiger partial charge in [0.2, 0.25) is 0 Å². The Bertz CT molecular complexity index is 1320. The van der Waals surface area contributed by atoms with Crippen LogP contribution in [0.1, 0.15) is 43.2 Å². The van der Waals surface area contributed by atoms with Crippen molar-refractivity contribution in [2.45, 2.75) is 44.4 Å². The van der Waals surface area contributed by atoms with Gasteiger partial charge in [-0.25, -0.2) is 14.4 Å². The Morgan fingerprint density at radius 1 is 1.06 bits per heavy atom. The lowest BCUT2D eigenvalue weighted by atomic mass is 9.90. The SMILES string of the molecule is Cc1cnc2c(Cc3ccc(F)c([C@]4(C)CS(C)(C)(C)(C)C(C)(C)C(N)=N4)c3)ccnc2n1. The van der Waals surface area contributed by atoms with Gasteiger partial charge in [0.15, 0.2) is 5.65 Å². The van der Waals surface area contributed by atoms with Gasteiger partial charge in [-0.3, -0.25) is 18.3 Å². The maximum absolute atomic E-state index is 15.3. The van der Waals surface area contributed by atoms with E-state index in [-0.39, 0.29) is 10.6 Å². The molecule has 3 aromatic rings. The van der Waals surface area contributed by atoms with E-state index in [1.807, 2.05) is 32.0 Å². The first-order valence-corrected chi connectivity index (χ1v) is 15.4. The minimum atomic E-state index is -2.75. The monoisotopic (exact) mass is 469 g/mol. The fourth-order valence-corrected chi connectivity index (χ4v) is 9.16. The lowest BCUT2D eigenvalue weighted by Crippen LogP contribution is -2.65. The number of nitrogens with zero attached hydrogens (tertiary/aromatic N) is 4. The summed E-state index contributed by atoms with van der Waals surface area (Å²) in [5.74, 6) is 1.11. The van der Waals surface area contributed by atoms with E-state index in [2.05, 4.69) is 53.8 Å². The molecule has 1 aromatic carbocycles. The molecule has 0 amide bonds. The summed E-state index contributed by atoms with van der Waals surface area (Å²) in [6.07, 6.45) is 13.5. The molecule has 2 N–H and O–H groups in total. The van der Waals surface area contributed by atoms with E-state index in [1.54, 1.807) is 18.5 Å². The van der Waals surface area contributed by atoms with Gasteiger partial charge in [0.05, 0.1) is 11.2 Å². The summed E-state index contributed by atoms with van der Waals surface area (Å²) in [6, 6.07) is 7.29. The Morgan fingerprint density at radius 2 is 1.76 bits per heavy atom. The summed E-state index contributed by atoms with van der Waals surface area (Å²) >= 11 is 0. The summed E-state index contributed by atoms with van der Waals surface area (Å²) in [7, 11) is -2.75. The number of hydrogen-bond acceptors (Lipinski definition) is 5. The molecule has 33 heavy (non-hydrogen) atoms. The molecule has 0 aliphatic carbocycles. The van der Waals surface area contributed by atoms with Gasteiger partial charge < -0.3 is 5.73 Å². The zero-order chi connectivity index (χ0) is 24.5. The van der Waals surface area contributed by atoms with Gasteiger partial charge in [-0.1, -0.05) is 12.1 Å². The van der Waals surface area contributed by atoms with E-state index in [4.69, 9.17) is 10.7 Å². The minimum absolute atomic E-state index is 0.249. The normalized spacial score (nSPS) is 27.0. The molecule has 178 valence electrons. The molecule has 1 atom stereocenters. The van der Waals surface area contributed by atoms with Crippen LogP contribution in [0, 0.1) is 12.7 Å². The number of hydrogen-bond donors (Lipinski definition) is 1. The van der Waals surface area contributed by atoms with Crippen LogP contribution in [0.3, 0.4) is 0 Å². The highest BCUT2D eigenvalue weighted by Crippen LogP contribution is 2.88. The molecule has 4 rings (SSSR count). The van der Waals surface area contributed by atoms with Crippen molar-refractivity contribution in [1.82, 2.24) is 15.0 Å². The minimum Gasteiger partial charge on any atom is -0.386 e. The van der Waals surface area contributed by atoms with Crippen molar-refractivity contribution in [2.75, 3.05) is 30.8 Å². The van der Waals surface area contributed by atoms with Gasteiger partial charge in [0, 0.05) is 22.7 Å². The molecule has 3 heterocycles. The Hall–Kier alpha value is -2.54. The molecule has 0 saturated heterocycles. The maximum Gasteiger partial charge on any atom is 0.178 e. The Morgan fingerprint density at radius 3 is 2.42 bits per heavy atom. The van der Waals surface area contributed by atoms with Crippen molar-refractivity contribution in [2.24, 2.45) is 10.7 Å². The summed E-state index contributed by atoms with van der Waals surface area (Å²) in [5, 5.41) is 0. The second-order valence-electron chi connectivity index (χ2n) is 12.6. The highest BCUT2D eigenvalue weighted by molar-refractivity contribution is 8.64. The lowest BCUT2D eigenvalue weighted by Gasteiger charge is -2.81. The summed E-state index contributed by atoms with van der Waals surface area (Å²) < 4.78 is 15.1. The van der Waals surface area contributed by atoms with E-state index in [9.17, 15) is 0 Å². The highest BCUT2D eigenvalue weighted by Gasteiger charge is 2.63. The highest BCUT2D eigenvalue weighted by atomic mass is 32.4. The average molecular weight is 470 g/mol. The van der Waals surface area contributed by atoms with E-state index in [0.717, 1.165) is 28.1 Å². The van der Waals surface area contributed by atoms with Crippen LogP contribution in [-0.4, -0.2) is 56.3 Å². The van der Waals surface area contributed by atoms with Gasteiger partial charge in [0.1, 0.15) is 17.2 Å². The fraction of sp³-hybridized carbons (Fsp3) is 0.462. The number of aryl methyl sites for hydroxylation is 1. The van der Waals surface area contributed by atoms with Gasteiger partial charge in [0.25, 0.3) is 0 Å². The first-order chi connectivity index (χ1) is 14.9. The van der Waals surface area contributed by atoms with Gasteiger partial charge >= 0.3 is 0 Å². The van der Waals surface area contributed by atoms with Crippen molar-refractivity contribution >= 4 is 25.3 Å². The van der Waals surface area contributed by atoms with Crippen LogP contribution in [-0.2, 0) is 12.0 Å². The first kappa shape index (κ1) is 23.6. The molecule has 0 unspecified atom stereocenters. The molecular formula is C26H36FN5S. The summed E-state index contributed by atoms with van der Waals surface area (Å²) in [5.41, 5.74) is 10.7. The zero-order valence-electron chi connectivity index (χ0n) is 21.0. The predicted octanol–water partition coefficient (Wildman–Crippen LogP) is 4.82. The molecule has 1 aliphatic heterocycles. The van der Waals surface area contributed by atoms with Gasteiger partial charge in [-0.15, -0.1) is 0 Å². The Labute approximate surface area is 195 Å². The van der Waals surface area contributed by atoms with Crippen LogP contribution in [0.25, 0.3) is 11.2 Å². The number of amidine groups is 1. The number of rotatable bonds is 3. The second kappa shape index (κ2) is 6.53. The molecule has 0 bridgehead atoms. The number of aromatic nitrogens is 3. The molecule has 1 aliphatic rings. The van der Waals surface area contributed by atoms with E-state index in [0.29, 0.717) is 23.5 Å². The summed E-state index contributed by atoms with van der Waals surface area (Å²) in [4.78, 5) is 18.3. The molecule has 7 heteroatoms. The van der Waals surface area contributed by atoms with E-state index >= 15 is 4.39 Å². The molecule has 2 aromatic heterocycles. The van der Waals surface area contributed by atoms with Crippen molar-refractivity contribution in [1.29, 1.82) is 0 Å². The van der Waals surface area contributed by atoms with Gasteiger partial charge in [-0.2, -0.15) is 0 Å². The quantitative estimate of drug-likeness (QED) is 0.596. The molecule has 5 nitrogen and oxygen atoms in total. The third kappa shape index (κ3) is 3.70. The third-order valence-corrected chi connectivity index (χ3v) is 14.8. The standard InChI is InChI=1S/C26H36FN5S/c1-17-15-30-22-19(11-12-29-23(22)31-17)13-18-9-10-21(27)20(14-18)26(4)16-33(5,6,7,8)25(2,3)24(28)32-26/h9-12,14-15H,13,16H2,1-8H3,(H2,28,32)/t26-/m0/s1. The van der Waals surface area contributed by atoms with Gasteiger partial charge in [-0.05, 0) is 88.2 Å². The number of pyridine rings is 1. The molecule has 0 fully saturated rings. The smallest absolute Gasteiger partial charge is 0.178 e. The molecular weight excluding hydrogens is 433 g/mol. The number of nitrogens with two attached hydrogens (primary N) is 1. The summed E-state index contributed by atoms with van der Waals surface area (Å²) in [6.45, 7) is 8.28. The van der Waals surface area contributed by atoms with Crippen LogP contribution in [0.5, 0.6) is 0 Å². The number of aliphatic imine (C=N–C) groups is 1. The Kier molecular flexibility index (Phi) is 4.67. The van der Waals surface area contributed by atoms with Crippen LogP contribution < -0.4 is 5.73 Å². The number of fused-ring (bicyclic) bond motifs is 1. The zero-order valence-corrected chi connectivity index (χ0v) is 21.8. The molecule has 0 spiro atoms. The average Bonchev–Trinajstić information content (AvgIpc) is 2.66. The molecule has 0 saturated carbocycles. The van der Waals surface area contributed by atoms with Crippen LogP contribution in [0.15, 0.2) is 41.7 Å². The topological polar surface area (TPSA) is 77.0 Å². The lowest BCUT2D eigenvalue weighted by molar-refractivity contribution is 0.494. The number of halogens is 1. The first-order valence-electron chi connectivity index (χ1n) is 11.2. The largest absolute Gasteiger partial charge is 0.386 e. The second-order valence-corrected chi connectivity index (χ2v) is 23.1. The van der Waals surface area contributed by atoms with E-state index < -0.39 is 13.8 Å². The number of benzene rings is 1. The maximum atomic E-state index is 15.3. The Balaban J connectivity index is 1.82. The third-order valence-electron chi connectivity index (χ3n) is 7.97. The van der Waals surface area contributed by atoms with Crippen LogP contribution in [0.2, 0.25) is 0 Å². The van der Waals surface area contributed by atoms with E-state index in [1.165, 1.54) is 0 Å².